The predicted octanol–water partition coefficient (Wildman–Crippen LogP) is 3.10. The van der Waals surface area contributed by atoms with Crippen LogP contribution in [0.3, 0.4) is 0 Å². The number of thiophene rings is 1. The molecule has 0 aliphatic heterocycles. The number of carbonyl (C=O) groups is 1. The lowest BCUT2D eigenvalue weighted by molar-refractivity contribution is 0.103. The van der Waals surface area contributed by atoms with Crippen molar-refractivity contribution in [1.82, 2.24) is 10.2 Å². The highest BCUT2D eigenvalue weighted by atomic mass is 35.5. The van der Waals surface area contributed by atoms with Crippen molar-refractivity contribution in [3.8, 4) is 0 Å². The van der Waals surface area contributed by atoms with Crippen molar-refractivity contribution in [3.63, 3.8) is 0 Å². The van der Waals surface area contributed by atoms with E-state index in [1.54, 1.807) is 24.3 Å². The Balaban J connectivity index is 2.10. The number of nitrogens with zero attached hydrogens (tertiary/aromatic N) is 2. The average molecular weight is 274 g/mol. The van der Waals surface area contributed by atoms with E-state index in [0.717, 1.165) is 0 Å². The monoisotopic (exact) mass is 273 g/mol. The molecule has 2 rings (SSSR count). The number of nitrogens with one attached hydrogen (secondary N) is 1. The summed E-state index contributed by atoms with van der Waals surface area (Å²) in [6, 6.07) is 6.42. The molecule has 0 spiro atoms. The standard InChI is InChI=1S/C9H5Cl2N3OS/c10-6-2-4-8(14-13-6)12-9(15)5-1-3-7(11)16-5/h1-4H,(H,12,14,15). The van der Waals surface area contributed by atoms with Gasteiger partial charge in [0.1, 0.15) is 0 Å². The number of hydrogen-bond acceptors (Lipinski definition) is 4. The Morgan fingerprint density at radius 2 is 2.00 bits per heavy atom. The predicted molar refractivity (Wildman–Crippen MR) is 64.3 cm³/mol. The van der Waals surface area contributed by atoms with E-state index in [-0.39, 0.29) is 11.1 Å². The van der Waals surface area contributed by atoms with E-state index in [1.165, 1.54) is 11.3 Å². The summed E-state index contributed by atoms with van der Waals surface area (Å²) >= 11 is 12.5. The van der Waals surface area contributed by atoms with Crippen LogP contribution >= 0.6 is 34.5 Å². The fourth-order valence-corrected chi connectivity index (χ4v) is 2.04. The van der Waals surface area contributed by atoms with E-state index >= 15 is 0 Å². The molecule has 0 aliphatic rings. The molecule has 2 aromatic rings. The van der Waals surface area contributed by atoms with Crippen LogP contribution in [0.2, 0.25) is 9.49 Å². The van der Waals surface area contributed by atoms with Crippen LogP contribution in [0.5, 0.6) is 0 Å². The fraction of sp³-hybridized carbons (Fsp3) is 0. The molecule has 0 radical (unpaired) electrons. The van der Waals surface area contributed by atoms with E-state index in [4.69, 9.17) is 23.2 Å². The minimum atomic E-state index is -0.270. The quantitative estimate of drug-likeness (QED) is 0.915. The van der Waals surface area contributed by atoms with Gasteiger partial charge in [-0.3, -0.25) is 4.79 Å². The second-order valence-electron chi connectivity index (χ2n) is 2.80. The lowest BCUT2D eigenvalue weighted by Gasteiger charge is -2.00. The molecular weight excluding hydrogens is 269 g/mol. The van der Waals surface area contributed by atoms with Gasteiger partial charge in [-0.25, -0.2) is 0 Å². The minimum absolute atomic E-state index is 0.270. The molecule has 0 fully saturated rings. The third kappa shape index (κ3) is 2.69. The molecule has 0 bridgehead atoms. The molecule has 0 saturated heterocycles. The van der Waals surface area contributed by atoms with E-state index in [0.29, 0.717) is 15.0 Å². The minimum Gasteiger partial charge on any atom is -0.304 e. The zero-order valence-electron chi connectivity index (χ0n) is 7.78. The van der Waals surface area contributed by atoms with Crippen molar-refractivity contribution < 1.29 is 4.79 Å². The van der Waals surface area contributed by atoms with Gasteiger partial charge in [-0.1, -0.05) is 23.2 Å². The van der Waals surface area contributed by atoms with Gasteiger partial charge in [0.15, 0.2) is 11.0 Å². The molecule has 0 aromatic carbocycles. The number of amides is 1. The molecule has 82 valence electrons. The highest BCUT2D eigenvalue weighted by molar-refractivity contribution is 7.18. The molecule has 2 aromatic heterocycles. The summed E-state index contributed by atoms with van der Waals surface area (Å²) < 4.78 is 0.562. The van der Waals surface area contributed by atoms with Crippen molar-refractivity contribution in [1.29, 1.82) is 0 Å². The van der Waals surface area contributed by atoms with Gasteiger partial charge in [-0.05, 0) is 24.3 Å². The Kier molecular flexibility index (Phi) is 3.38. The van der Waals surface area contributed by atoms with E-state index in [2.05, 4.69) is 15.5 Å². The Hall–Kier alpha value is -1.17. The molecule has 7 heteroatoms. The first kappa shape index (κ1) is 11.3. The fourth-order valence-electron chi connectivity index (χ4n) is 0.997. The first-order valence-corrected chi connectivity index (χ1v) is 5.78. The number of rotatable bonds is 2. The van der Waals surface area contributed by atoms with Gasteiger partial charge in [-0.2, -0.15) is 0 Å². The van der Waals surface area contributed by atoms with Gasteiger partial charge >= 0.3 is 0 Å². The lowest BCUT2D eigenvalue weighted by atomic mass is 10.4. The maximum absolute atomic E-state index is 11.7. The maximum Gasteiger partial charge on any atom is 0.266 e. The van der Waals surface area contributed by atoms with Crippen LogP contribution in [0.4, 0.5) is 5.82 Å². The van der Waals surface area contributed by atoms with Crippen molar-refractivity contribution >= 4 is 46.3 Å². The normalized spacial score (nSPS) is 10.1. The third-order valence-corrected chi connectivity index (χ3v) is 3.10. The van der Waals surface area contributed by atoms with Crippen molar-refractivity contribution in [3.05, 3.63) is 38.6 Å². The van der Waals surface area contributed by atoms with Crippen molar-refractivity contribution in [2.24, 2.45) is 0 Å². The van der Waals surface area contributed by atoms with Gasteiger partial charge in [0, 0.05) is 0 Å². The SMILES string of the molecule is O=C(Nc1ccc(Cl)nn1)c1ccc(Cl)s1. The molecule has 0 atom stereocenters. The Morgan fingerprint density at radius 1 is 1.19 bits per heavy atom. The highest BCUT2D eigenvalue weighted by Crippen LogP contribution is 2.22. The number of aromatic nitrogens is 2. The summed E-state index contributed by atoms with van der Waals surface area (Å²) in [5.41, 5.74) is 0. The molecule has 16 heavy (non-hydrogen) atoms. The van der Waals surface area contributed by atoms with Crippen molar-refractivity contribution in [2.75, 3.05) is 5.32 Å². The molecular formula is C9H5Cl2N3OS. The molecule has 2 heterocycles. The van der Waals surface area contributed by atoms with Crippen LogP contribution in [0.25, 0.3) is 0 Å². The van der Waals surface area contributed by atoms with Crippen LogP contribution < -0.4 is 5.32 Å². The topological polar surface area (TPSA) is 54.9 Å². The van der Waals surface area contributed by atoms with Crippen LogP contribution in [-0.2, 0) is 0 Å². The van der Waals surface area contributed by atoms with Gasteiger partial charge < -0.3 is 5.32 Å². The van der Waals surface area contributed by atoms with Crippen LogP contribution in [0.1, 0.15) is 9.67 Å². The first-order chi connectivity index (χ1) is 7.65. The zero-order valence-corrected chi connectivity index (χ0v) is 10.1. The number of carbonyl (C=O) groups excluding carboxylic acids is 1. The van der Waals surface area contributed by atoms with E-state index in [1.807, 2.05) is 0 Å². The summed E-state index contributed by atoms with van der Waals surface area (Å²) in [6.45, 7) is 0. The lowest BCUT2D eigenvalue weighted by Crippen LogP contribution is -2.11. The van der Waals surface area contributed by atoms with Gasteiger partial charge in [-0.15, -0.1) is 21.5 Å². The Bertz CT molecular complexity index is 512. The van der Waals surface area contributed by atoms with Gasteiger partial charge in [0.2, 0.25) is 0 Å². The van der Waals surface area contributed by atoms with Gasteiger partial charge in [0.05, 0.1) is 9.21 Å². The maximum atomic E-state index is 11.7. The van der Waals surface area contributed by atoms with Crippen LogP contribution in [-0.4, -0.2) is 16.1 Å². The largest absolute Gasteiger partial charge is 0.304 e. The molecule has 0 unspecified atom stereocenters. The second kappa shape index (κ2) is 4.78. The van der Waals surface area contributed by atoms with Crippen LogP contribution in [0.15, 0.2) is 24.3 Å². The molecule has 0 saturated carbocycles. The molecule has 1 N–H and O–H groups in total. The summed E-state index contributed by atoms with van der Waals surface area (Å²) in [7, 11) is 0. The Labute approximate surface area is 105 Å². The van der Waals surface area contributed by atoms with Gasteiger partial charge in [0.25, 0.3) is 5.91 Å². The van der Waals surface area contributed by atoms with E-state index in [9.17, 15) is 4.79 Å². The highest BCUT2D eigenvalue weighted by Gasteiger charge is 2.09. The summed E-state index contributed by atoms with van der Waals surface area (Å²) in [4.78, 5) is 12.2. The number of anilines is 1. The smallest absolute Gasteiger partial charge is 0.266 e. The summed E-state index contributed by atoms with van der Waals surface area (Å²) in [6.07, 6.45) is 0. The summed E-state index contributed by atoms with van der Waals surface area (Å²) in [5.74, 6) is 0.0763. The number of halogens is 2. The van der Waals surface area contributed by atoms with Crippen LogP contribution in [0, 0.1) is 0 Å². The first-order valence-electron chi connectivity index (χ1n) is 4.21. The molecule has 0 aliphatic carbocycles. The third-order valence-electron chi connectivity index (χ3n) is 1.67. The Morgan fingerprint density at radius 3 is 2.56 bits per heavy atom. The second-order valence-corrected chi connectivity index (χ2v) is 4.90. The number of hydrogen-bond donors (Lipinski definition) is 1. The average Bonchev–Trinajstić information content (AvgIpc) is 2.68. The zero-order chi connectivity index (χ0) is 11.5. The van der Waals surface area contributed by atoms with Crippen molar-refractivity contribution in [2.45, 2.75) is 0 Å². The molecule has 1 amide bonds. The summed E-state index contributed by atoms with van der Waals surface area (Å²) in [5, 5.41) is 10.2. The van der Waals surface area contributed by atoms with E-state index < -0.39 is 0 Å². The molecule has 4 nitrogen and oxygen atoms in total.